The van der Waals surface area contributed by atoms with E-state index in [4.69, 9.17) is 0 Å². The Kier molecular flexibility index (Phi) is 5.08. The van der Waals surface area contributed by atoms with Gasteiger partial charge in [0.1, 0.15) is 0 Å². The zero-order valence-electron chi connectivity index (χ0n) is 16.8. The fraction of sp³-hybridized carbons (Fsp3) is 0.636. The summed E-state index contributed by atoms with van der Waals surface area (Å²) in [5, 5.41) is 0. The maximum absolute atomic E-state index is 12.9. The first kappa shape index (κ1) is 18.7. The number of rotatable bonds is 6. The van der Waals surface area contributed by atoms with Crippen LogP contribution in [-0.4, -0.2) is 70.9 Å². The van der Waals surface area contributed by atoms with E-state index in [-0.39, 0.29) is 35.5 Å². The van der Waals surface area contributed by atoms with E-state index in [1.165, 1.54) is 0 Å². The third-order valence-electron chi connectivity index (χ3n) is 7.16. The molecular formula is C22H29N5O2. The smallest absolute Gasteiger partial charge is 0.233 e. The summed E-state index contributed by atoms with van der Waals surface area (Å²) in [7, 11) is 0. The van der Waals surface area contributed by atoms with Crippen LogP contribution < -0.4 is 4.90 Å². The second kappa shape index (κ2) is 7.86. The average Bonchev–Trinajstić information content (AvgIpc) is 3.05. The summed E-state index contributed by atoms with van der Waals surface area (Å²) in [5.74, 6) is 1.43. The molecule has 29 heavy (non-hydrogen) atoms. The molecule has 1 saturated carbocycles. The average molecular weight is 396 g/mol. The van der Waals surface area contributed by atoms with Crippen LogP contribution in [0.15, 0.2) is 30.6 Å². The van der Waals surface area contributed by atoms with Gasteiger partial charge in [-0.05, 0) is 50.1 Å². The van der Waals surface area contributed by atoms with Crippen LogP contribution in [0.4, 0.5) is 5.95 Å². The number of amides is 2. The molecule has 2 amide bonds. The summed E-state index contributed by atoms with van der Waals surface area (Å²) in [4.78, 5) is 40.6. The van der Waals surface area contributed by atoms with Gasteiger partial charge in [0.25, 0.3) is 0 Å². The van der Waals surface area contributed by atoms with Gasteiger partial charge >= 0.3 is 0 Å². The number of piperazine rings is 1. The monoisotopic (exact) mass is 395 g/mol. The van der Waals surface area contributed by atoms with Crippen LogP contribution in [0.5, 0.6) is 0 Å². The van der Waals surface area contributed by atoms with Gasteiger partial charge in [-0.15, -0.1) is 0 Å². The Balaban J connectivity index is 1.06. The number of aromatic nitrogens is 2. The Hall–Kier alpha value is -2.28. The maximum atomic E-state index is 12.9. The van der Waals surface area contributed by atoms with Gasteiger partial charge in [-0.1, -0.05) is 12.2 Å². The molecule has 154 valence electrons. The Bertz CT molecular complexity index is 758. The van der Waals surface area contributed by atoms with Gasteiger partial charge in [0.05, 0.1) is 11.8 Å². The molecule has 0 spiro atoms. The lowest BCUT2D eigenvalue weighted by Crippen LogP contribution is -2.47. The predicted octanol–water partition coefficient (Wildman–Crippen LogP) is 1.58. The Morgan fingerprint density at radius 1 is 0.828 bits per heavy atom. The van der Waals surface area contributed by atoms with Crippen LogP contribution in [-0.2, 0) is 9.59 Å². The summed E-state index contributed by atoms with van der Waals surface area (Å²) < 4.78 is 0. The highest BCUT2D eigenvalue weighted by Crippen LogP contribution is 2.49. The molecule has 0 radical (unpaired) electrons. The van der Waals surface area contributed by atoms with E-state index in [2.05, 4.69) is 31.9 Å². The number of hydrogen-bond acceptors (Lipinski definition) is 6. The number of carbonyl (C=O) groups is 2. The highest BCUT2D eigenvalue weighted by atomic mass is 16.2. The molecule has 2 aliphatic heterocycles. The minimum absolute atomic E-state index is 0.0699. The Morgan fingerprint density at radius 3 is 2.00 bits per heavy atom. The van der Waals surface area contributed by atoms with Crippen molar-refractivity contribution in [3.63, 3.8) is 0 Å². The van der Waals surface area contributed by atoms with Crippen molar-refractivity contribution in [2.24, 2.45) is 23.7 Å². The van der Waals surface area contributed by atoms with Crippen molar-refractivity contribution in [2.45, 2.75) is 25.7 Å². The van der Waals surface area contributed by atoms with E-state index >= 15 is 0 Å². The number of carbonyl (C=O) groups excluding carboxylic acids is 2. The van der Waals surface area contributed by atoms with Crippen molar-refractivity contribution in [1.82, 2.24) is 19.8 Å². The summed E-state index contributed by atoms with van der Waals surface area (Å²) in [6.07, 6.45) is 12.0. The SMILES string of the molecule is O=C1C2C3C=CC(CC3)C2C(=O)N1CCCCN1CCN(c2ncccn2)CC1. The minimum atomic E-state index is -0.0699. The maximum Gasteiger partial charge on any atom is 0.233 e. The number of nitrogens with zero attached hydrogens (tertiary/aromatic N) is 5. The molecule has 4 unspecified atom stereocenters. The highest BCUT2D eigenvalue weighted by Gasteiger charge is 2.56. The first-order chi connectivity index (χ1) is 14.2. The van der Waals surface area contributed by atoms with E-state index in [0.717, 1.165) is 64.4 Å². The van der Waals surface area contributed by atoms with Crippen LogP contribution in [0.3, 0.4) is 0 Å². The molecule has 2 bridgehead atoms. The Labute approximate surface area is 171 Å². The van der Waals surface area contributed by atoms with E-state index in [1.807, 2.05) is 6.07 Å². The second-order valence-electron chi connectivity index (χ2n) is 8.75. The number of imide groups is 1. The molecule has 1 aromatic rings. The van der Waals surface area contributed by atoms with Crippen LogP contribution in [0, 0.1) is 23.7 Å². The number of fused-ring (bicyclic) bond motifs is 1. The molecule has 4 atom stereocenters. The third kappa shape index (κ3) is 3.45. The molecule has 1 aromatic heterocycles. The zero-order chi connectivity index (χ0) is 19.8. The molecule has 2 saturated heterocycles. The molecule has 7 nitrogen and oxygen atoms in total. The second-order valence-corrected chi connectivity index (χ2v) is 8.75. The van der Waals surface area contributed by atoms with Gasteiger partial charge in [-0.2, -0.15) is 0 Å². The lowest BCUT2D eigenvalue weighted by Gasteiger charge is -2.38. The fourth-order valence-electron chi connectivity index (χ4n) is 5.59. The molecule has 3 aliphatic carbocycles. The van der Waals surface area contributed by atoms with Crippen molar-refractivity contribution >= 4 is 17.8 Å². The van der Waals surface area contributed by atoms with Gasteiger partial charge in [-0.25, -0.2) is 9.97 Å². The van der Waals surface area contributed by atoms with Gasteiger partial charge in [0.15, 0.2) is 0 Å². The van der Waals surface area contributed by atoms with Crippen molar-refractivity contribution in [3.05, 3.63) is 30.6 Å². The van der Waals surface area contributed by atoms with E-state index in [9.17, 15) is 9.59 Å². The molecule has 0 N–H and O–H groups in total. The standard InChI is InChI=1S/C22H29N5O2/c28-20-18-16-4-5-17(7-6-16)19(18)21(29)27(20)11-2-1-10-25-12-14-26(15-13-25)22-23-8-3-9-24-22/h3-5,8-9,16-19H,1-2,6-7,10-15H2. The van der Waals surface area contributed by atoms with Crippen molar-refractivity contribution in [1.29, 1.82) is 0 Å². The molecule has 0 aromatic carbocycles. The number of unbranched alkanes of at least 4 members (excludes halogenated alkanes) is 1. The molecule has 3 fully saturated rings. The normalized spacial score (nSPS) is 31.6. The highest BCUT2D eigenvalue weighted by molar-refractivity contribution is 6.06. The minimum Gasteiger partial charge on any atom is -0.338 e. The van der Waals surface area contributed by atoms with Crippen LogP contribution in [0.1, 0.15) is 25.7 Å². The first-order valence-corrected chi connectivity index (χ1v) is 11.0. The van der Waals surface area contributed by atoms with Crippen molar-refractivity contribution in [2.75, 3.05) is 44.2 Å². The number of likely N-dealkylation sites (tertiary alicyclic amines) is 1. The third-order valence-corrected chi connectivity index (χ3v) is 7.16. The summed E-state index contributed by atoms with van der Waals surface area (Å²) >= 11 is 0. The van der Waals surface area contributed by atoms with Crippen LogP contribution >= 0.6 is 0 Å². The van der Waals surface area contributed by atoms with Crippen molar-refractivity contribution in [3.8, 4) is 0 Å². The molecule has 6 rings (SSSR count). The van der Waals surface area contributed by atoms with Crippen LogP contribution in [0.2, 0.25) is 0 Å². The number of hydrogen-bond donors (Lipinski definition) is 0. The summed E-state index contributed by atoms with van der Waals surface area (Å²) in [6.45, 7) is 5.47. The fourth-order valence-corrected chi connectivity index (χ4v) is 5.59. The van der Waals surface area contributed by atoms with E-state index in [0.29, 0.717) is 6.54 Å². The van der Waals surface area contributed by atoms with Crippen LogP contribution in [0.25, 0.3) is 0 Å². The lowest BCUT2D eigenvalue weighted by molar-refractivity contribution is -0.140. The lowest BCUT2D eigenvalue weighted by atomic mass is 9.63. The summed E-state index contributed by atoms with van der Waals surface area (Å²) in [5.41, 5.74) is 0. The summed E-state index contributed by atoms with van der Waals surface area (Å²) in [6, 6.07) is 1.84. The topological polar surface area (TPSA) is 69.6 Å². The quantitative estimate of drug-likeness (QED) is 0.414. The molecule has 7 heteroatoms. The van der Waals surface area contributed by atoms with Gasteiger partial charge in [0, 0.05) is 45.1 Å². The van der Waals surface area contributed by atoms with Gasteiger partial charge in [-0.3, -0.25) is 19.4 Å². The first-order valence-electron chi connectivity index (χ1n) is 11.0. The largest absolute Gasteiger partial charge is 0.338 e. The molecular weight excluding hydrogens is 366 g/mol. The van der Waals surface area contributed by atoms with Crippen molar-refractivity contribution < 1.29 is 9.59 Å². The van der Waals surface area contributed by atoms with E-state index in [1.54, 1.807) is 17.3 Å². The van der Waals surface area contributed by atoms with Gasteiger partial charge in [0.2, 0.25) is 17.8 Å². The van der Waals surface area contributed by atoms with E-state index < -0.39 is 0 Å². The number of anilines is 1. The molecule has 5 aliphatic rings. The Morgan fingerprint density at radius 2 is 1.41 bits per heavy atom. The molecule has 3 heterocycles. The zero-order valence-corrected chi connectivity index (χ0v) is 16.8. The van der Waals surface area contributed by atoms with Gasteiger partial charge < -0.3 is 4.90 Å². The number of allylic oxidation sites excluding steroid dienone is 2. The predicted molar refractivity (Wildman–Crippen MR) is 109 cm³/mol.